The Balaban J connectivity index is 2.04. The first-order valence-corrected chi connectivity index (χ1v) is 7.95. The molecule has 2 heterocycles. The van der Waals surface area contributed by atoms with Crippen molar-refractivity contribution in [1.29, 1.82) is 5.26 Å². The molecule has 1 saturated heterocycles. The quantitative estimate of drug-likeness (QED) is 0.869. The molecule has 1 aliphatic rings. The van der Waals surface area contributed by atoms with E-state index in [1.807, 2.05) is 18.2 Å². The van der Waals surface area contributed by atoms with Crippen LogP contribution < -0.4 is 4.90 Å². The number of morpholine rings is 1. The third-order valence-electron chi connectivity index (χ3n) is 4.35. The van der Waals surface area contributed by atoms with Gasteiger partial charge in [0.05, 0.1) is 23.3 Å². The van der Waals surface area contributed by atoms with Gasteiger partial charge in [-0.15, -0.1) is 0 Å². The summed E-state index contributed by atoms with van der Waals surface area (Å²) in [7, 11) is 0. The number of hydrogen-bond acceptors (Lipinski definition) is 4. The molecule has 2 atom stereocenters. The summed E-state index contributed by atoms with van der Waals surface area (Å²) < 4.78 is 6.08. The maximum absolute atomic E-state index is 9.27. The maximum Gasteiger partial charge on any atom is 0.101 e. The lowest BCUT2D eigenvalue weighted by Crippen LogP contribution is -2.47. The predicted octanol–water partition coefficient (Wildman–Crippen LogP) is 3.50. The van der Waals surface area contributed by atoms with E-state index in [4.69, 9.17) is 4.74 Å². The average molecular weight is 295 g/mol. The van der Waals surface area contributed by atoms with E-state index in [0.717, 1.165) is 42.5 Å². The molecule has 4 nitrogen and oxygen atoms in total. The standard InChI is InChI=1S/C18H21N3O/c1-3-14-11-21(12-15(4-2)22-14)17-8-7-13(10-19)18-16(17)6-5-9-20-18/h5-9,14-15H,3-4,11-12H2,1-2H3/t14-,15+. The van der Waals surface area contributed by atoms with Gasteiger partial charge in [0, 0.05) is 30.4 Å². The predicted molar refractivity (Wildman–Crippen MR) is 87.9 cm³/mol. The van der Waals surface area contributed by atoms with Crippen molar-refractivity contribution in [3.63, 3.8) is 0 Å². The number of fused-ring (bicyclic) bond motifs is 1. The van der Waals surface area contributed by atoms with Crippen molar-refractivity contribution < 1.29 is 4.74 Å². The Kier molecular flexibility index (Phi) is 4.26. The molecule has 1 fully saturated rings. The molecule has 4 heteroatoms. The second kappa shape index (κ2) is 6.33. The van der Waals surface area contributed by atoms with Crippen LogP contribution in [-0.4, -0.2) is 30.3 Å². The van der Waals surface area contributed by atoms with Crippen LogP contribution in [0.25, 0.3) is 10.9 Å². The first-order chi connectivity index (χ1) is 10.8. The molecule has 1 aromatic heterocycles. The zero-order valence-corrected chi connectivity index (χ0v) is 13.1. The molecule has 0 saturated carbocycles. The van der Waals surface area contributed by atoms with E-state index < -0.39 is 0 Å². The number of hydrogen-bond donors (Lipinski definition) is 0. The van der Waals surface area contributed by atoms with Gasteiger partial charge in [-0.25, -0.2) is 0 Å². The van der Waals surface area contributed by atoms with E-state index in [0.29, 0.717) is 5.56 Å². The van der Waals surface area contributed by atoms with Gasteiger partial charge in [-0.1, -0.05) is 13.8 Å². The summed E-state index contributed by atoms with van der Waals surface area (Å²) in [6.45, 7) is 6.12. The van der Waals surface area contributed by atoms with Crippen molar-refractivity contribution in [2.45, 2.75) is 38.9 Å². The van der Waals surface area contributed by atoms with Crippen LogP contribution in [0.1, 0.15) is 32.3 Å². The normalized spacial score (nSPS) is 21.8. The topological polar surface area (TPSA) is 49.2 Å². The Morgan fingerprint density at radius 3 is 2.59 bits per heavy atom. The molecular formula is C18H21N3O. The molecule has 114 valence electrons. The summed E-state index contributed by atoms with van der Waals surface area (Å²) in [5.41, 5.74) is 2.57. The summed E-state index contributed by atoms with van der Waals surface area (Å²) in [5, 5.41) is 10.3. The van der Waals surface area contributed by atoms with Gasteiger partial charge in [-0.05, 0) is 37.1 Å². The summed E-state index contributed by atoms with van der Waals surface area (Å²) >= 11 is 0. The number of anilines is 1. The lowest BCUT2D eigenvalue weighted by Gasteiger charge is -2.39. The number of ether oxygens (including phenoxy) is 1. The van der Waals surface area contributed by atoms with Crippen LogP contribution in [0.4, 0.5) is 5.69 Å². The van der Waals surface area contributed by atoms with Crippen LogP contribution in [0.2, 0.25) is 0 Å². The molecular weight excluding hydrogens is 274 g/mol. The van der Waals surface area contributed by atoms with Gasteiger partial charge in [0.1, 0.15) is 6.07 Å². The first-order valence-electron chi connectivity index (χ1n) is 7.95. The van der Waals surface area contributed by atoms with Crippen molar-refractivity contribution in [1.82, 2.24) is 4.98 Å². The summed E-state index contributed by atoms with van der Waals surface area (Å²) in [6.07, 6.45) is 4.30. The van der Waals surface area contributed by atoms with Crippen LogP contribution in [0.3, 0.4) is 0 Å². The van der Waals surface area contributed by atoms with Crippen molar-refractivity contribution in [3.8, 4) is 6.07 Å². The zero-order chi connectivity index (χ0) is 15.5. The Hall–Kier alpha value is -2.12. The van der Waals surface area contributed by atoms with E-state index in [-0.39, 0.29) is 12.2 Å². The molecule has 2 aromatic rings. The summed E-state index contributed by atoms with van der Waals surface area (Å²) in [5.74, 6) is 0. The van der Waals surface area contributed by atoms with E-state index >= 15 is 0 Å². The largest absolute Gasteiger partial charge is 0.371 e. The minimum Gasteiger partial charge on any atom is -0.371 e. The highest BCUT2D eigenvalue weighted by Crippen LogP contribution is 2.30. The van der Waals surface area contributed by atoms with Crippen LogP contribution in [0.15, 0.2) is 30.5 Å². The second-order valence-corrected chi connectivity index (χ2v) is 5.75. The highest BCUT2D eigenvalue weighted by atomic mass is 16.5. The van der Waals surface area contributed by atoms with E-state index in [9.17, 15) is 5.26 Å². The number of pyridine rings is 1. The fourth-order valence-corrected chi connectivity index (χ4v) is 3.10. The lowest BCUT2D eigenvalue weighted by molar-refractivity contribution is -0.0284. The highest BCUT2D eigenvalue weighted by Gasteiger charge is 2.27. The Morgan fingerprint density at radius 2 is 1.95 bits per heavy atom. The molecule has 1 aromatic carbocycles. The van der Waals surface area contributed by atoms with Crippen LogP contribution in [0.5, 0.6) is 0 Å². The van der Waals surface area contributed by atoms with Crippen molar-refractivity contribution in [3.05, 3.63) is 36.0 Å². The third-order valence-corrected chi connectivity index (χ3v) is 4.35. The van der Waals surface area contributed by atoms with Gasteiger partial charge in [0.15, 0.2) is 0 Å². The Labute approximate surface area is 131 Å². The molecule has 0 spiro atoms. The number of rotatable bonds is 3. The minimum absolute atomic E-state index is 0.265. The Morgan fingerprint density at radius 1 is 1.23 bits per heavy atom. The number of nitrogens with zero attached hydrogens (tertiary/aromatic N) is 3. The molecule has 22 heavy (non-hydrogen) atoms. The van der Waals surface area contributed by atoms with Crippen molar-refractivity contribution in [2.75, 3.05) is 18.0 Å². The fraction of sp³-hybridized carbons (Fsp3) is 0.444. The minimum atomic E-state index is 0.265. The molecule has 0 amide bonds. The maximum atomic E-state index is 9.27. The van der Waals surface area contributed by atoms with Crippen LogP contribution >= 0.6 is 0 Å². The van der Waals surface area contributed by atoms with Crippen LogP contribution in [-0.2, 0) is 4.74 Å². The van der Waals surface area contributed by atoms with Gasteiger partial charge >= 0.3 is 0 Å². The molecule has 1 aliphatic heterocycles. The van der Waals surface area contributed by atoms with E-state index in [1.165, 1.54) is 0 Å². The van der Waals surface area contributed by atoms with E-state index in [2.05, 4.69) is 35.9 Å². The van der Waals surface area contributed by atoms with Gasteiger partial charge in [0.2, 0.25) is 0 Å². The van der Waals surface area contributed by atoms with Gasteiger partial charge in [-0.3, -0.25) is 4.98 Å². The molecule has 0 bridgehead atoms. The second-order valence-electron chi connectivity index (χ2n) is 5.75. The Bertz CT molecular complexity index is 695. The first kappa shape index (κ1) is 14.8. The third kappa shape index (κ3) is 2.65. The molecule has 3 rings (SSSR count). The van der Waals surface area contributed by atoms with Gasteiger partial charge in [-0.2, -0.15) is 5.26 Å². The summed E-state index contributed by atoms with van der Waals surface area (Å²) in [6, 6.07) is 10.1. The summed E-state index contributed by atoms with van der Waals surface area (Å²) in [4.78, 5) is 6.79. The lowest BCUT2D eigenvalue weighted by atomic mass is 10.0. The average Bonchev–Trinajstić information content (AvgIpc) is 2.60. The molecule has 0 aliphatic carbocycles. The van der Waals surface area contributed by atoms with Gasteiger partial charge in [0.25, 0.3) is 0 Å². The van der Waals surface area contributed by atoms with E-state index in [1.54, 1.807) is 6.20 Å². The molecule has 0 N–H and O–H groups in total. The SMILES string of the molecule is CC[C@@H]1CN(c2ccc(C#N)c3ncccc23)C[C@H](CC)O1. The smallest absolute Gasteiger partial charge is 0.101 e. The van der Waals surface area contributed by atoms with Crippen molar-refractivity contribution in [2.24, 2.45) is 0 Å². The highest BCUT2D eigenvalue weighted by molar-refractivity contribution is 5.95. The van der Waals surface area contributed by atoms with Gasteiger partial charge < -0.3 is 9.64 Å². The fourth-order valence-electron chi connectivity index (χ4n) is 3.10. The number of nitriles is 1. The number of aromatic nitrogens is 1. The molecule has 0 unspecified atom stereocenters. The van der Waals surface area contributed by atoms with Crippen LogP contribution in [0, 0.1) is 11.3 Å². The number of benzene rings is 1. The van der Waals surface area contributed by atoms with Crippen molar-refractivity contribution >= 4 is 16.6 Å². The molecule has 0 radical (unpaired) electrons. The zero-order valence-electron chi connectivity index (χ0n) is 13.1. The monoisotopic (exact) mass is 295 g/mol.